The van der Waals surface area contributed by atoms with Crippen molar-refractivity contribution in [2.75, 3.05) is 25.9 Å². The second-order valence-corrected chi connectivity index (χ2v) is 4.80. The lowest BCUT2D eigenvalue weighted by molar-refractivity contribution is -0.000186. The van der Waals surface area contributed by atoms with Gasteiger partial charge in [-0.2, -0.15) is 0 Å². The summed E-state index contributed by atoms with van der Waals surface area (Å²) in [5.41, 5.74) is 6.95. The first kappa shape index (κ1) is 15.8. The van der Waals surface area contributed by atoms with E-state index < -0.39 is 0 Å². The molecule has 1 amide bonds. The summed E-state index contributed by atoms with van der Waals surface area (Å²) in [6.45, 7) is 1.47. The Morgan fingerprint density at radius 3 is 2.63 bits per heavy atom. The fraction of sp³-hybridized carbons (Fsp3) is 0.500. The molecule has 1 aromatic carbocycles. The zero-order chi connectivity index (χ0) is 13.0. The van der Waals surface area contributed by atoms with Gasteiger partial charge in [0.1, 0.15) is 0 Å². The molecule has 1 aromatic rings. The van der Waals surface area contributed by atoms with E-state index in [2.05, 4.69) is 0 Å². The van der Waals surface area contributed by atoms with E-state index in [9.17, 15) is 4.79 Å². The highest BCUT2D eigenvalue weighted by atomic mass is 35.5. The molecular weight excluding hydrogens is 264 g/mol. The minimum absolute atomic E-state index is 0. The molecule has 0 aliphatic carbocycles. The van der Waals surface area contributed by atoms with Gasteiger partial charge >= 0.3 is 0 Å². The van der Waals surface area contributed by atoms with E-state index in [1.165, 1.54) is 6.42 Å². The highest BCUT2D eigenvalue weighted by Crippen LogP contribution is 2.15. The molecule has 1 fully saturated rings. The lowest BCUT2D eigenvalue weighted by Crippen LogP contribution is -2.37. The molecule has 1 unspecified atom stereocenters. The first-order valence-corrected chi connectivity index (χ1v) is 6.39. The van der Waals surface area contributed by atoms with Gasteiger partial charge in [-0.1, -0.05) is 0 Å². The Morgan fingerprint density at radius 1 is 1.37 bits per heavy atom. The van der Waals surface area contributed by atoms with Gasteiger partial charge < -0.3 is 15.4 Å². The number of carbonyl (C=O) groups excluding carboxylic acids is 1. The van der Waals surface area contributed by atoms with Gasteiger partial charge in [0.25, 0.3) is 5.91 Å². The quantitative estimate of drug-likeness (QED) is 0.867. The van der Waals surface area contributed by atoms with Gasteiger partial charge in [-0.05, 0) is 43.5 Å². The molecule has 0 saturated carbocycles. The summed E-state index contributed by atoms with van der Waals surface area (Å²) in [5.74, 6) is 0.0178. The van der Waals surface area contributed by atoms with Crippen LogP contribution in [0.5, 0.6) is 0 Å². The Balaban J connectivity index is 0.00000180. The number of halogens is 1. The number of hydrogen-bond donors (Lipinski definition) is 1. The molecule has 1 aliphatic heterocycles. The predicted octanol–water partition coefficient (Wildman–Crippen LogP) is 2.33. The lowest BCUT2D eigenvalue weighted by atomic mass is 10.1. The molecular formula is C14H21ClN2O2. The van der Waals surface area contributed by atoms with Crippen LogP contribution in [0.2, 0.25) is 0 Å². The number of nitrogens with zero attached hydrogens (tertiary/aromatic N) is 1. The van der Waals surface area contributed by atoms with Crippen LogP contribution < -0.4 is 5.73 Å². The number of rotatable bonds is 3. The van der Waals surface area contributed by atoms with E-state index in [0.29, 0.717) is 17.8 Å². The van der Waals surface area contributed by atoms with Crippen molar-refractivity contribution in [2.45, 2.75) is 25.4 Å². The summed E-state index contributed by atoms with van der Waals surface area (Å²) in [4.78, 5) is 13.9. The van der Waals surface area contributed by atoms with Gasteiger partial charge in [0, 0.05) is 31.5 Å². The fourth-order valence-corrected chi connectivity index (χ4v) is 2.19. The monoisotopic (exact) mass is 284 g/mol. The van der Waals surface area contributed by atoms with Crippen molar-refractivity contribution in [3.8, 4) is 0 Å². The van der Waals surface area contributed by atoms with Gasteiger partial charge in [0.05, 0.1) is 6.10 Å². The van der Waals surface area contributed by atoms with Gasteiger partial charge in [-0.3, -0.25) is 4.79 Å². The average molecular weight is 285 g/mol. The molecule has 1 heterocycles. The predicted molar refractivity (Wildman–Crippen MR) is 78.7 cm³/mol. The maximum atomic E-state index is 12.2. The van der Waals surface area contributed by atoms with Crippen LogP contribution in [-0.2, 0) is 4.74 Å². The molecule has 2 N–H and O–H groups in total. The zero-order valence-electron chi connectivity index (χ0n) is 11.2. The molecule has 19 heavy (non-hydrogen) atoms. The minimum Gasteiger partial charge on any atom is -0.399 e. The lowest BCUT2D eigenvalue weighted by Gasteiger charge is -2.27. The van der Waals surface area contributed by atoms with E-state index in [1.54, 1.807) is 29.2 Å². The number of nitrogens with two attached hydrogens (primary N) is 1. The Morgan fingerprint density at radius 2 is 2.05 bits per heavy atom. The number of hydrogen-bond acceptors (Lipinski definition) is 3. The second kappa shape index (κ2) is 7.36. The van der Waals surface area contributed by atoms with Crippen molar-refractivity contribution >= 4 is 24.0 Å². The highest BCUT2D eigenvalue weighted by molar-refractivity contribution is 5.94. The minimum atomic E-state index is 0. The SMILES string of the molecule is CN(CC1CCCCO1)C(=O)c1ccc(N)cc1.Cl. The summed E-state index contributed by atoms with van der Waals surface area (Å²) in [5, 5.41) is 0. The molecule has 106 valence electrons. The Kier molecular flexibility index (Phi) is 6.12. The standard InChI is InChI=1S/C14H20N2O2.ClH/c1-16(10-13-4-2-3-9-18-13)14(17)11-5-7-12(15)8-6-11;/h5-8,13H,2-4,9-10,15H2,1H3;1H. The molecule has 1 atom stereocenters. The van der Waals surface area contributed by atoms with E-state index in [0.717, 1.165) is 19.4 Å². The molecule has 0 bridgehead atoms. The summed E-state index contributed by atoms with van der Waals surface area (Å²) < 4.78 is 5.64. The molecule has 4 nitrogen and oxygen atoms in total. The van der Waals surface area contributed by atoms with Crippen LogP contribution in [0.15, 0.2) is 24.3 Å². The van der Waals surface area contributed by atoms with E-state index >= 15 is 0 Å². The average Bonchev–Trinajstić information content (AvgIpc) is 2.40. The summed E-state index contributed by atoms with van der Waals surface area (Å²) in [6, 6.07) is 7.02. The molecule has 0 spiro atoms. The fourth-order valence-electron chi connectivity index (χ4n) is 2.19. The molecule has 0 radical (unpaired) electrons. The van der Waals surface area contributed by atoms with E-state index in [-0.39, 0.29) is 24.4 Å². The normalized spacial score (nSPS) is 18.5. The van der Waals surface area contributed by atoms with Crippen LogP contribution in [0, 0.1) is 0 Å². The number of amides is 1. The van der Waals surface area contributed by atoms with Gasteiger partial charge in [-0.15, -0.1) is 12.4 Å². The highest BCUT2D eigenvalue weighted by Gasteiger charge is 2.19. The molecule has 1 saturated heterocycles. The van der Waals surface area contributed by atoms with Crippen molar-refractivity contribution in [2.24, 2.45) is 0 Å². The van der Waals surface area contributed by atoms with Gasteiger partial charge in [0.2, 0.25) is 0 Å². The maximum Gasteiger partial charge on any atom is 0.253 e. The number of nitrogen functional groups attached to an aromatic ring is 1. The van der Waals surface area contributed by atoms with Crippen LogP contribution in [-0.4, -0.2) is 37.1 Å². The van der Waals surface area contributed by atoms with Gasteiger partial charge in [-0.25, -0.2) is 0 Å². The number of ether oxygens (including phenoxy) is 1. The Hall–Kier alpha value is -1.26. The largest absolute Gasteiger partial charge is 0.399 e. The number of carbonyl (C=O) groups is 1. The van der Waals surface area contributed by atoms with Crippen LogP contribution in [0.4, 0.5) is 5.69 Å². The number of benzene rings is 1. The summed E-state index contributed by atoms with van der Waals surface area (Å²) >= 11 is 0. The smallest absolute Gasteiger partial charge is 0.253 e. The van der Waals surface area contributed by atoms with Crippen molar-refractivity contribution < 1.29 is 9.53 Å². The van der Waals surface area contributed by atoms with Crippen LogP contribution in [0.1, 0.15) is 29.6 Å². The van der Waals surface area contributed by atoms with E-state index in [1.807, 2.05) is 7.05 Å². The van der Waals surface area contributed by atoms with Crippen molar-refractivity contribution in [1.82, 2.24) is 4.90 Å². The maximum absolute atomic E-state index is 12.2. The first-order chi connectivity index (χ1) is 8.66. The zero-order valence-corrected chi connectivity index (χ0v) is 12.0. The molecule has 0 aromatic heterocycles. The van der Waals surface area contributed by atoms with E-state index in [4.69, 9.17) is 10.5 Å². The van der Waals surface area contributed by atoms with Crippen molar-refractivity contribution in [3.05, 3.63) is 29.8 Å². The third-order valence-corrected chi connectivity index (χ3v) is 3.26. The molecule has 2 rings (SSSR count). The van der Waals surface area contributed by atoms with Crippen LogP contribution in [0.3, 0.4) is 0 Å². The molecule has 1 aliphatic rings. The Labute approximate surface area is 120 Å². The van der Waals surface area contributed by atoms with Crippen LogP contribution in [0.25, 0.3) is 0 Å². The summed E-state index contributed by atoms with van der Waals surface area (Å²) in [7, 11) is 1.82. The Bertz CT molecular complexity index is 402. The van der Waals surface area contributed by atoms with Gasteiger partial charge in [0.15, 0.2) is 0 Å². The topological polar surface area (TPSA) is 55.6 Å². The molecule has 5 heteroatoms. The second-order valence-electron chi connectivity index (χ2n) is 4.80. The number of likely N-dealkylation sites (N-methyl/N-ethyl adjacent to an activating group) is 1. The van der Waals surface area contributed by atoms with Crippen molar-refractivity contribution in [3.63, 3.8) is 0 Å². The third-order valence-electron chi connectivity index (χ3n) is 3.26. The van der Waals surface area contributed by atoms with Crippen molar-refractivity contribution in [1.29, 1.82) is 0 Å². The third kappa shape index (κ3) is 4.40. The first-order valence-electron chi connectivity index (χ1n) is 6.39. The number of anilines is 1. The summed E-state index contributed by atoms with van der Waals surface area (Å²) in [6.07, 6.45) is 3.54. The van der Waals surface area contributed by atoms with Crippen LogP contribution >= 0.6 is 12.4 Å².